The maximum absolute atomic E-state index is 9.05. The van der Waals surface area contributed by atoms with Crippen molar-refractivity contribution < 1.29 is 4.74 Å². The van der Waals surface area contributed by atoms with Crippen molar-refractivity contribution >= 4 is 17.7 Å². The minimum Gasteiger partial charge on any atom is -0.490 e. The summed E-state index contributed by atoms with van der Waals surface area (Å²) in [6, 6.07) is 12.9. The van der Waals surface area contributed by atoms with Crippen LogP contribution in [0.2, 0.25) is 5.02 Å². The van der Waals surface area contributed by atoms with Crippen molar-refractivity contribution in [1.82, 2.24) is 15.2 Å². The molecule has 172 valence electrons. The summed E-state index contributed by atoms with van der Waals surface area (Å²) in [6.45, 7) is 5.41. The molecule has 1 N–H and O–H groups in total. The molecular formula is C27H31ClN4O. The van der Waals surface area contributed by atoms with E-state index in [2.05, 4.69) is 41.4 Å². The maximum Gasteiger partial charge on any atom is 0.121 e. The number of nitrogens with one attached hydrogen (secondary N) is 1. The fraction of sp³-hybridized carbons (Fsp3) is 0.481. The Hall–Kier alpha value is -2.39. The van der Waals surface area contributed by atoms with Gasteiger partial charge >= 0.3 is 0 Å². The molecule has 33 heavy (non-hydrogen) atoms. The van der Waals surface area contributed by atoms with Crippen molar-refractivity contribution in [3.63, 3.8) is 0 Å². The van der Waals surface area contributed by atoms with Crippen molar-refractivity contribution in [2.75, 3.05) is 13.1 Å². The van der Waals surface area contributed by atoms with E-state index >= 15 is 0 Å². The van der Waals surface area contributed by atoms with Crippen LogP contribution in [0.5, 0.6) is 5.75 Å². The van der Waals surface area contributed by atoms with Crippen LogP contribution in [0.15, 0.2) is 35.9 Å². The smallest absolute Gasteiger partial charge is 0.121 e. The highest BCUT2D eigenvalue weighted by Gasteiger charge is 2.35. The summed E-state index contributed by atoms with van der Waals surface area (Å²) >= 11 is 6.16. The maximum atomic E-state index is 9.05. The van der Waals surface area contributed by atoms with Gasteiger partial charge in [0.15, 0.2) is 0 Å². The van der Waals surface area contributed by atoms with Crippen LogP contribution in [-0.2, 0) is 6.54 Å². The predicted molar refractivity (Wildman–Crippen MR) is 131 cm³/mol. The Labute approximate surface area is 201 Å². The minimum atomic E-state index is 0.201. The van der Waals surface area contributed by atoms with Crippen LogP contribution in [0.4, 0.5) is 0 Å². The molecule has 0 bridgehead atoms. The van der Waals surface area contributed by atoms with E-state index in [-0.39, 0.29) is 6.10 Å². The lowest BCUT2D eigenvalue weighted by atomic mass is 9.91. The summed E-state index contributed by atoms with van der Waals surface area (Å²) in [5.41, 5.74) is 5.73. The molecule has 1 aromatic heterocycles. The normalized spacial score (nSPS) is 25.4. The number of pyridine rings is 1. The molecule has 5 rings (SSSR count). The number of aromatic nitrogens is 1. The highest BCUT2D eigenvalue weighted by Crippen LogP contribution is 2.39. The molecule has 1 aliphatic carbocycles. The summed E-state index contributed by atoms with van der Waals surface area (Å²) < 4.78 is 6.19. The van der Waals surface area contributed by atoms with Gasteiger partial charge < -0.3 is 10.1 Å². The van der Waals surface area contributed by atoms with Gasteiger partial charge in [-0.3, -0.25) is 9.88 Å². The van der Waals surface area contributed by atoms with E-state index in [1.165, 1.54) is 16.8 Å². The number of benzene rings is 1. The highest BCUT2D eigenvalue weighted by molar-refractivity contribution is 6.31. The molecule has 1 aromatic carbocycles. The number of fused-ring (bicyclic) bond motifs is 1. The van der Waals surface area contributed by atoms with Gasteiger partial charge in [-0.05, 0) is 88.4 Å². The van der Waals surface area contributed by atoms with Crippen molar-refractivity contribution in [3.8, 4) is 11.8 Å². The van der Waals surface area contributed by atoms with Crippen molar-refractivity contribution in [2.45, 2.75) is 70.2 Å². The molecule has 1 saturated heterocycles. The lowest BCUT2D eigenvalue weighted by molar-refractivity contribution is 0.0704. The largest absolute Gasteiger partial charge is 0.490 e. The number of piperidine rings is 1. The zero-order valence-corrected chi connectivity index (χ0v) is 19.9. The lowest BCUT2D eigenvalue weighted by Crippen LogP contribution is -2.38. The molecule has 5 nitrogen and oxygen atoms in total. The molecule has 2 fully saturated rings. The average Bonchev–Trinajstić information content (AvgIpc) is 3.16. The third-order valence-corrected chi connectivity index (χ3v) is 7.70. The monoisotopic (exact) mass is 462 g/mol. The molecule has 2 aromatic rings. The Morgan fingerprint density at radius 1 is 1.15 bits per heavy atom. The average molecular weight is 463 g/mol. The van der Waals surface area contributed by atoms with Crippen LogP contribution < -0.4 is 10.1 Å². The number of hydrogen-bond donors (Lipinski definition) is 1. The van der Waals surface area contributed by atoms with Crippen molar-refractivity contribution in [2.24, 2.45) is 0 Å². The molecule has 3 heterocycles. The zero-order valence-electron chi connectivity index (χ0n) is 19.2. The fourth-order valence-corrected chi connectivity index (χ4v) is 5.71. The molecule has 0 radical (unpaired) electrons. The summed E-state index contributed by atoms with van der Waals surface area (Å²) in [4.78, 5) is 7.67. The van der Waals surface area contributed by atoms with E-state index in [9.17, 15) is 0 Å². The first kappa shape index (κ1) is 22.4. The van der Waals surface area contributed by atoms with Gasteiger partial charge in [0, 0.05) is 24.7 Å². The first-order valence-electron chi connectivity index (χ1n) is 12.1. The van der Waals surface area contributed by atoms with Crippen molar-refractivity contribution in [1.29, 1.82) is 5.26 Å². The molecule has 1 unspecified atom stereocenters. The lowest BCUT2D eigenvalue weighted by Gasteiger charge is -2.37. The van der Waals surface area contributed by atoms with Crippen LogP contribution in [0.1, 0.15) is 74.0 Å². The van der Waals surface area contributed by atoms with Crippen LogP contribution >= 0.6 is 11.6 Å². The Bertz CT molecular complexity index is 1080. The third-order valence-electron chi connectivity index (χ3n) is 7.39. The first-order chi connectivity index (χ1) is 16.1. The molecule has 1 saturated carbocycles. The summed E-state index contributed by atoms with van der Waals surface area (Å²) in [6.07, 6.45) is 9.05. The van der Waals surface area contributed by atoms with Crippen LogP contribution in [0.25, 0.3) is 6.08 Å². The topological polar surface area (TPSA) is 61.2 Å². The van der Waals surface area contributed by atoms with Gasteiger partial charge in [-0.25, -0.2) is 0 Å². The van der Waals surface area contributed by atoms with Gasteiger partial charge in [0.05, 0.1) is 28.1 Å². The number of nitrogens with zero attached hydrogens (tertiary/aromatic N) is 3. The Morgan fingerprint density at radius 3 is 2.67 bits per heavy atom. The van der Waals surface area contributed by atoms with Crippen LogP contribution in [-0.4, -0.2) is 35.1 Å². The molecule has 1 atom stereocenters. The van der Waals surface area contributed by atoms with E-state index in [0.29, 0.717) is 22.7 Å². The quantitative estimate of drug-likeness (QED) is 0.637. The van der Waals surface area contributed by atoms with E-state index < -0.39 is 0 Å². The number of halogens is 1. The summed E-state index contributed by atoms with van der Waals surface area (Å²) in [5.74, 6) is 0.754. The molecule has 0 spiro atoms. The molecule has 3 aliphatic rings. The predicted octanol–water partition coefficient (Wildman–Crippen LogP) is 5.64. The molecule has 6 heteroatoms. The Balaban J connectivity index is 1.19. The van der Waals surface area contributed by atoms with E-state index in [4.69, 9.17) is 26.6 Å². The number of hydrogen-bond acceptors (Lipinski definition) is 5. The van der Waals surface area contributed by atoms with Gasteiger partial charge in [0.25, 0.3) is 0 Å². The van der Waals surface area contributed by atoms with E-state index in [1.54, 1.807) is 12.1 Å². The number of ether oxygens (including phenoxy) is 1. The molecule has 2 aliphatic heterocycles. The van der Waals surface area contributed by atoms with E-state index in [0.717, 1.165) is 69.6 Å². The van der Waals surface area contributed by atoms with Gasteiger partial charge in [-0.15, -0.1) is 0 Å². The van der Waals surface area contributed by atoms with Crippen LogP contribution in [0.3, 0.4) is 0 Å². The SMILES string of the molecule is CC1c2ccc(C=C3CCNCC3)nc2CN1[C@H]1CC[C@H](Oc2ccc(C#N)c(Cl)c2)CC1. The van der Waals surface area contributed by atoms with Crippen LogP contribution in [0, 0.1) is 11.3 Å². The first-order valence-corrected chi connectivity index (χ1v) is 12.5. The minimum absolute atomic E-state index is 0.201. The second kappa shape index (κ2) is 9.85. The zero-order chi connectivity index (χ0) is 22.8. The Morgan fingerprint density at radius 2 is 1.94 bits per heavy atom. The second-order valence-corrected chi connectivity index (χ2v) is 9.88. The highest BCUT2D eigenvalue weighted by atomic mass is 35.5. The Kier molecular flexibility index (Phi) is 6.69. The summed E-state index contributed by atoms with van der Waals surface area (Å²) in [7, 11) is 0. The second-order valence-electron chi connectivity index (χ2n) is 9.47. The van der Waals surface area contributed by atoms with Crippen molar-refractivity contribution in [3.05, 3.63) is 63.4 Å². The standard InChI is InChI=1S/C27H31ClN4O/c1-18-25-9-3-21(14-19-10-12-30-13-11-19)31-27(25)17-32(18)22-4-7-23(8-5-22)33-24-6-2-20(16-29)26(28)15-24/h2-3,6,9,14-15,18,22-23,30H,4-5,7-8,10-13,17H2,1H3/t18?,22-,23-. The molecular weight excluding hydrogens is 432 g/mol. The van der Waals surface area contributed by atoms with Gasteiger partial charge in [-0.2, -0.15) is 5.26 Å². The van der Waals surface area contributed by atoms with Gasteiger partial charge in [-0.1, -0.05) is 23.2 Å². The molecule has 0 amide bonds. The summed E-state index contributed by atoms with van der Waals surface area (Å²) in [5, 5.41) is 12.9. The number of nitriles is 1. The van der Waals surface area contributed by atoms with E-state index in [1.807, 2.05) is 6.07 Å². The number of rotatable bonds is 4. The van der Waals surface area contributed by atoms with Gasteiger partial charge in [0.1, 0.15) is 11.8 Å². The fourth-order valence-electron chi connectivity index (χ4n) is 5.50. The van der Waals surface area contributed by atoms with Gasteiger partial charge in [0.2, 0.25) is 0 Å². The third kappa shape index (κ3) is 4.94.